The van der Waals surface area contributed by atoms with Crippen molar-refractivity contribution in [2.45, 2.75) is 25.8 Å². The van der Waals surface area contributed by atoms with Crippen molar-refractivity contribution in [2.24, 2.45) is 5.92 Å². The number of piperidine rings is 1. The number of hydrogen-bond donors (Lipinski definition) is 2. The number of benzene rings is 1. The van der Waals surface area contributed by atoms with Gasteiger partial charge in [-0.15, -0.1) is 0 Å². The van der Waals surface area contributed by atoms with Crippen LogP contribution in [0.2, 0.25) is 5.02 Å². The molecule has 0 amide bonds. The van der Waals surface area contributed by atoms with Gasteiger partial charge in [-0.05, 0) is 57.0 Å². The zero-order valence-electron chi connectivity index (χ0n) is 9.97. The molecule has 4 heteroatoms. The Labute approximate surface area is 107 Å². The van der Waals surface area contributed by atoms with E-state index in [4.69, 9.17) is 11.6 Å². The Morgan fingerprint density at radius 2 is 2.12 bits per heavy atom. The second-order valence-corrected chi connectivity index (χ2v) is 5.08. The number of halogens is 2. The van der Waals surface area contributed by atoms with Gasteiger partial charge in [0.05, 0.1) is 5.69 Å². The van der Waals surface area contributed by atoms with Gasteiger partial charge in [0.2, 0.25) is 0 Å². The molecular formula is C13H18ClFN2. The van der Waals surface area contributed by atoms with E-state index in [9.17, 15) is 4.39 Å². The quantitative estimate of drug-likeness (QED) is 0.867. The summed E-state index contributed by atoms with van der Waals surface area (Å²) in [5.41, 5.74) is 0.542. The van der Waals surface area contributed by atoms with Crippen LogP contribution in [-0.2, 0) is 0 Å². The summed E-state index contributed by atoms with van der Waals surface area (Å²) in [6.45, 7) is 4.23. The van der Waals surface area contributed by atoms with Crippen LogP contribution in [0.4, 0.5) is 10.1 Å². The van der Waals surface area contributed by atoms with Crippen molar-refractivity contribution in [2.75, 3.05) is 18.4 Å². The van der Waals surface area contributed by atoms with Crippen LogP contribution in [0.1, 0.15) is 19.8 Å². The fourth-order valence-electron chi connectivity index (χ4n) is 2.31. The van der Waals surface area contributed by atoms with Crippen LogP contribution >= 0.6 is 11.6 Å². The number of hydrogen-bond acceptors (Lipinski definition) is 2. The molecule has 1 aliphatic rings. The molecule has 1 aromatic carbocycles. The van der Waals surface area contributed by atoms with Gasteiger partial charge in [0, 0.05) is 11.1 Å². The lowest BCUT2D eigenvalue weighted by atomic mass is 9.91. The minimum Gasteiger partial charge on any atom is -0.380 e. The molecule has 1 aliphatic heterocycles. The number of rotatable bonds is 3. The van der Waals surface area contributed by atoms with Crippen LogP contribution in [0.3, 0.4) is 0 Å². The van der Waals surface area contributed by atoms with Crippen molar-refractivity contribution in [1.82, 2.24) is 5.32 Å². The molecule has 0 saturated carbocycles. The lowest BCUT2D eigenvalue weighted by Crippen LogP contribution is -2.36. The van der Waals surface area contributed by atoms with E-state index in [2.05, 4.69) is 17.6 Å². The molecule has 1 unspecified atom stereocenters. The van der Waals surface area contributed by atoms with Gasteiger partial charge in [-0.1, -0.05) is 11.6 Å². The Bertz CT molecular complexity index is 378. The van der Waals surface area contributed by atoms with E-state index in [1.54, 1.807) is 12.1 Å². The molecule has 0 spiro atoms. The van der Waals surface area contributed by atoms with E-state index >= 15 is 0 Å². The molecule has 0 bridgehead atoms. The number of nitrogens with one attached hydrogen (secondary N) is 2. The lowest BCUT2D eigenvalue weighted by molar-refractivity contribution is 0.342. The molecule has 1 aromatic rings. The summed E-state index contributed by atoms with van der Waals surface area (Å²) >= 11 is 5.73. The van der Waals surface area contributed by atoms with Crippen molar-refractivity contribution >= 4 is 17.3 Å². The summed E-state index contributed by atoms with van der Waals surface area (Å²) in [5, 5.41) is 7.01. The van der Waals surface area contributed by atoms with Gasteiger partial charge in [-0.3, -0.25) is 0 Å². The molecule has 1 heterocycles. The highest BCUT2D eigenvalue weighted by molar-refractivity contribution is 6.30. The summed E-state index contributed by atoms with van der Waals surface area (Å²) < 4.78 is 13.6. The predicted octanol–water partition coefficient (Wildman–Crippen LogP) is 3.28. The van der Waals surface area contributed by atoms with E-state index in [0.29, 0.717) is 16.6 Å². The Morgan fingerprint density at radius 3 is 2.76 bits per heavy atom. The third kappa shape index (κ3) is 3.33. The molecule has 0 aliphatic carbocycles. The monoisotopic (exact) mass is 256 g/mol. The smallest absolute Gasteiger partial charge is 0.147 e. The molecule has 1 fully saturated rings. The largest absolute Gasteiger partial charge is 0.380 e. The minimum absolute atomic E-state index is 0.279. The summed E-state index contributed by atoms with van der Waals surface area (Å²) in [6.07, 6.45) is 2.28. The van der Waals surface area contributed by atoms with Crippen molar-refractivity contribution in [3.8, 4) is 0 Å². The van der Waals surface area contributed by atoms with E-state index in [0.717, 1.165) is 25.9 Å². The third-order valence-corrected chi connectivity index (χ3v) is 3.64. The second kappa shape index (κ2) is 5.69. The highest BCUT2D eigenvalue weighted by atomic mass is 35.5. The zero-order chi connectivity index (χ0) is 12.3. The Balaban J connectivity index is 1.99. The van der Waals surface area contributed by atoms with Crippen LogP contribution < -0.4 is 10.6 Å². The van der Waals surface area contributed by atoms with Gasteiger partial charge >= 0.3 is 0 Å². The van der Waals surface area contributed by atoms with Gasteiger partial charge in [-0.2, -0.15) is 0 Å². The molecule has 0 radical (unpaired) electrons. The van der Waals surface area contributed by atoms with Crippen molar-refractivity contribution in [1.29, 1.82) is 0 Å². The van der Waals surface area contributed by atoms with Gasteiger partial charge in [0.1, 0.15) is 5.82 Å². The average molecular weight is 257 g/mol. The molecule has 2 N–H and O–H groups in total. The summed E-state index contributed by atoms with van der Waals surface area (Å²) in [7, 11) is 0. The molecule has 0 aromatic heterocycles. The van der Waals surface area contributed by atoms with E-state index in [1.807, 2.05) is 0 Å². The first-order valence-corrected chi connectivity index (χ1v) is 6.47. The SMILES string of the molecule is CC(Nc1ccc(Cl)cc1F)C1CCNCC1. The predicted molar refractivity (Wildman–Crippen MR) is 70.1 cm³/mol. The summed E-state index contributed by atoms with van der Waals surface area (Å²) in [5.74, 6) is 0.324. The van der Waals surface area contributed by atoms with Crippen molar-refractivity contribution in [3.05, 3.63) is 29.0 Å². The fraction of sp³-hybridized carbons (Fsp3) is 0.538. The van der Waals surface area contributed by atoms with Gasteiger partial charge < -0.3 is 10.6 Å². The topological polar surface area (TPSA) is 24.1 Å². The Morgan fingerprint density at radius 1 is 1.41 bits per heavy atom. The average Bonchev–Trinajstić information content (AvgIpc) is 2.34. The normalized spacial score (nSPS) is 19.0. The van der Waals surface area contributed by atoms with Crippen LogP contribution in [0.5, 0.6) is 0 Å². The maximum Gasteiger partial charge on any atom is 0.147 e. The first-order chi connectivity index (χ1) is 8.16. The van der Waals surface area contributed by atoms with E-state index in [1.165, 1.54) is 6.07 Å². The standard InChI is InChI=1S/C13H18ClFN2/c1-9(10-4-6-16-7-5-10)17-13-3-2-11(14)8-12(13)15/h2-3,8-10,16-17H,4-7H2,1H3. The highest BCUT2D eigenvalue weighted by Crippen LogP contribution is 2.23. The van der Waals surface area contributed by atoms with E-state index in [-0.39, 0.29) is 11.9 Å². The Hall–Kier alpha value is -0.800. The van der Waals surface area contributed by atoms with Crippen LogP contribution in [0.25, 0.3) is 0 Å². The summed E-state index contributed by atoms with van der Waals surface area (Å²) in [4.78, 5) is 0. The molecule has 1 atom stereocenters. The van der Waals surface area contributed by atoms with Crippen LogP contribution in [0.15, 0.2) is 18.2 Å². The van der Waals surface area contributed by atoms with Gasteiger partial charge in [-0.25, -0.2) is 4.39 Å². The lowest BCUT2D eigenvalue weighted by Gasteiger charge is -2.29. The molecule has 2 rings (SSSR count). The molecule has 1 saturated heterocycles. The second-order valence-electron chi connectivity index (χ2n) is 4.64. The molecule has 94 valence electrons. The van der Waals surface area contributed by atoms with Crippen LogP contribution in [0, 0.1) is 11.7 Å². The fourth-order valence-corrected chi connectivity index (χ4v) is 2.47. The van der Waals surface area contributed by atoms with Gasteiger partial charge in [0.25, 0.3) is 0 Å². The number of anilines is 1. The zero-order valence-corrected chi connectivity index (χ0v) is 10.7. The van der Waals surface area contributed by atoms with Crippen molar-refractivity contribution < 1.29 is 4.39 Å². The molecule has 2 nitrogen and oxygen atoms in total. The summed E-state index contributed by atoms with van der Waals surface area (Å²) in [6, 6.07) is 5.05. The molecular weight excluding hydrogens is 239 g/mol. The Kier molecular flexibility index (Phi) is 4.24. The van der Waals surface area contributed by atoms with Crippen LogP contribution in [-0.4, -0.2) is 19.1 Å². The van der Waals surface area contributed by atoms with Gasteiger partial charge in [0.15, 0.2) is 0 Å². The molecule has 17 heavy (non-hydrogen) atoms. The maximum atomic E-state index is 13.6. The first kappa shape index (κ1) is 12.7. The third-order valence-electron chi connectivity index (χ3n) is 3.41. The maximum absolute atomic E-state index is 13.6. The first-order valence-electron chi connectivity index (χ1n) is 6.09. The van der Waals surface area contributed by atoms with E-state index < -0.39 is 0 Å². The minimum atomic E-state index is -0.279. The van der Waals surface area contributed by atoms with Crippen molar-refractivity contribution in [3.63, 3.8) is 0 Å². The highest BCUT2D eigenvalue weighted by Gasteiger charge is 2.20.